The average molecular weight is 503 g/mol. The molecule has 4 aliphatic rings. The molecular formula is C26H19BrN2O4. The van der Waals surface area contributed by atoms with Gasteiger partial charge in [0.15, 0.2) is 11.5 Å². The van der Waals surface area contributed by atoms with Gasteiger partial charge in [-0.05, 0) is 55.9 Å². The van der Waals surface area contributed by atoms with Crippen LogP contribution in [0, 0.1) is 11.8 Å². The molecule has 3 aromatic carbocycles. The van der Waals surface area contributed by atoms with Crippen LogP contribution in [0.15, 0.2) is 70.2 Å². The predicted molar refractivity (Wildman–Crippen MR) is 125 cm³/mol. The quantitative estimate of drug-likeness (QED) is 0.425. The van der Waals surface area contributed by atoms with Crippen LogP contribution in [-0.2, 0) is 9.59 Å². The average Bonchev–Trinajstić information content (AvgIpc) is 3.09. The summed E-state index contributed by atoms with van der Waals surface area (Å²) in [6, 6.07) is 19.5. The highest BCUT2D eigenvalue weighted by Gasteiger charge is 2.61. The molecule has 7 rings (SSSR count). The third-order valence-corrected chi connectivity index (χ3v) is 7.62. The molecule has 1 N–H and O–H groups in total. The van der Waals surface area contributed by atoms with Gasteiger partial charge in [-0.15, -0.1) is 0 Å². The molecule has 2 atom stereocenters. The second-order valence-corrected chi connectivity index (χ2v) is 9.41. The first-order valence-corrected chi connectivity index (χ1v) is 11.5. The van der Waals surface area contributed by atoms with Crippen LogP contribution < -0.4 is 4.74 Å². The van der Waals surface area contributed by atoms with E-state index in [0.29, 0.717) is 10.0 Å². The fourth-order valence-corrected chi connectivity index (χ4v) is 6.18. The third kappa shape index (κ3) is 2.75. The lowest BCUT2D eigenvalue weighted by molar-refractivity contribution is -0.139. The highest BCUT2D eigenvalue weighted by Crippen LogP contribution is 2.60. The van der Waals surface area contributed by atoms with E-state index in [1.165, 1.54) is 13.3 Å². The first-order chi connectivity index (χ1) is 16.0. The van der Waals surface area contributed by atoms with E-state index in [4.69, 9.17) is 4.74 Å². The van der Waals surface area contributed by atoms with Gasteiger partial charge in [-0.2, -0.15) is 10.1 Å². The molecular weight excluding hydrogens is 484 g/mol. The summed E-state index contributed by atoms with van der Waals surface area (Å²) in [7, 11) is 1.45. The van der Waals surface area contributed by atoms with Gasteiger partial charge in [-0.25, -0.2) is 0 Å². The molecule has 1 heterocycles. The second kappa shape index (κ2) is 7.28. The van der Waals surface area contributed by atoms with Crippen molar-refractivity contribution in [1.29, 1.82) is 0 Å². The summed E-state index contributed by atoms with van der Waals surface area (Å²) in [6.07, 6.45) is 1.45. The van der Waals surface area contributed by atoms with E-state index in [2.05, 4.69) is 45.3 Å². The number of halogens is 1. The standard InChI is InChI=1S/C26H19BrN2O4/c1-33-19-11-13(10-18(27)24(19)30)12-28-29-25(31)22-20-14-6-2-3-7-15(14)21(23(22)26(29)32)17-9-5-4-8-16(17)20/h2-12,20-23,30H,1H3/b28-12-/t20?,21?,22-,23+. The Balaban J connectivity index is 1.42. The Morgan fingerprint density at radius 3 is 1.85 bits per heavy atom. The lowest BCUT2D eigenvalue weighted by Gasteiger charge is -2.45. The first kappa shape index (κ1) is 20.2. The van der Waals surface area contributed by atoms with Gasteiger partial charge >= 0.3 is 0 Å². The van der Waals surface area contributed by atoms with Gasteiger partial charge in [0, 0.05) is 11.8 Å². The minimum atomic E-state index is -0.467. The van der Waals surface area contributed by atoms with E-state index < -0.39 is 11.8 Å². The number of hydrogen-bond donors (Lipinski definition) is 1. The van der Waals surface area contributed by atoms with Gasteiger partial charge in [0.1, 0.15) is 0 Å². The number of imide groups is 1. The molecule has 7 heteroatoms. The van der Waals surface area contributed by atoms with Crippen LogP contribution in [0.2, 0.25) is 0 Å². The Hall–Kier alpha value is -3.45. The molecule has 1 aliphatic heterocycles. The van der Waals surface area contributed by atoms with Crippen molar-refractivity contribution >= 4 is 34.0 Å². The van der Waals surface area contributed by atoms with E-state index >= 15 is 0 Å². The first-order valence-electron chi connectivity index (χ1n) is 10.7. The van der Waals surface area contributed by atoms with Crippen molar-refractivity contribution in [3.8, 4) is 11.5 Å². The molecule has 3 aromatic rings. The number of nitrogens with zero attached hydrogens (tertiary/aromatic N) is 2. The highest BCUT2D eigenvalue weighted by atomic mass is 79.9. The Bertz CT molecular complexity index is 1250. The molecule has 6 nitrogen and oxygen atoms in total. The zero-order valence-corrected chi connectivity index (χ0v) is 19.2. The Morgan fingerprint density at radius 2 is 1.39 bits per heavy atom. The van der Waals surface area contributed by atoms with Gasteiger partial charge in [0.2, 0.25) is 0 Å². The van der Waals surface area contributed by atoms with Crippen molar-refractivity contribution in [2.45, 2.75) is 11.8 Å². The SMILES string of the molecule is COc1cc(/C=N\N2C(=O)[C@@H]3C4c5ccccc5C(c5ccccc54)[C@@H]3C2=O)cc(Br)c1O. The smallest absolute Gasteiger partial charge is 0.254 e. The number of ether oxygens (including phenoxy) is 1. The number of aromatic hydroxyl groups is 1. The van der Waals surface area contributed by atoms with Crippen LogP contribution in [0.4, 0.5) is 0 Å². The summed E-state index contributed by atoms with van der Waals surface area (Å²) < 4.78 is 5.61. The van der Waals surface area contributed by atoms with Crippen LogP contribution in [-0.4, -0.2) is 35.3 Å². The molecule has 0 spiro atoms. The number of phenols is 1. The molecule has 1 saturated heterocycles. The number of phenolic OH excluding ortho intramolecular Hbond substituents is 1. The predicted octanol–water partition coefficient (Wildman–Crippen LogP) is 4.39. The van der Waals surface area contributed by atoms with E-state index in [1.807, 2.05) is 24.3 Å². The molecule has 0 unspecified atom stereocenters. The summed E-state index contributed by atoms with van der Waals surface area (Å²) in [4.78, 5) is 27.1. The third-order valence-electron chi connectivity index (χ3n) is 7.02. The second-order valence-electron chi connectivity index (χ2n) is 8.55. The maximum Gasteiger partial charge on any atom is 0.254 e. The molecule has 33 heavy (non-hydrogen) atoms. The Morgan fingerprint density at radius 1 is 0.909 bits per heavy atom. The number of carbonyl (C=O) groups excluding carboxylic acids is 2. The number of methoxy groups -OCH3 is 1. The number of hydrazone groups is 1. The monoisotopic (exact) mass is 502 g/mol. The fraction of sp³-hybridized carbons (Fsp3) is 0.192. The van der Waals surface area contributed by atoms with E-state index in [1.54, 1.807) is 12.1 Å². The molecule has 2 amide bonds. The van der Waals surface area contributed by atoms with Crippen molar-refractivity contribution in [1.82, 2.24) is 5.01 Å². The largest absolute Gasteiger partial charge is 0.503 e. The number of carbonyl (C=O) groups is 2. The zero-order valence-electron chi connectivity index (χ0n) is 17.6. The van der Waals surface area contributed by atoms with Crippen molar-refractivity contribution < 1.29 is 19.4 Å². The van der Waals surface area contributed by atoms with Gasteiger partial charge in [0.05, 0.1) is 29.6 Å². The molecule has 0 radical (unpaired) electrons. The highest BCUT2D eigenvalue weighted by molar-refractivity contribution is 9.10. The molecule has 0 saturated carbocycles. The maximum absolute atomic E-state index is 13.5. The van der Waals surface area contributed by atoms with Gasteiger partial charge in [-0.1, -0.05) is 48.5 Å². The summed E-state index contributed by atoms with van der Waals surface area (Å²) in [5, 5.41) is 15.4. The van der Waals surface area contributed by atoms with E-state index in [-0.39, 0.29) is 35.1 Å². The zero-order chi connectivity index (χ0) is 22.9. The van der Waals surface area contributed by atoms with E-state index in [0.717, 1.165) is 27.3 Å². The molecule has 3 aliphatic carbocycles. The summed E-state index contributed by atoms with van der Waals surface area (Å²) >= 11 is 3.28. The van der Waals surface area contributed by atoms with Crippen LogP contribution in [0.5, 0.6) is 11.5 Å². The van der Waals surface area contributed by atoms with Gasteiger partial charge < -0.3 is 9.84 Å². The van der Waals surface area contributed by atoms with Gasteiger partial charge in [0.25, 0.3) is 11.8 Å². The van der Waals surface area contributed by atoms with Crippen molar-refractivity contribution in [3.05, 3.63) is 93.0 Å². The van der Waals surface area contributed by atoms with Gasteiger partial charge in [-0.3, -0.25) is 9.59 Å². The number of rotatable bonds is 3. The summed E-state index contributed by atoms with van der Waals surface area (Å²) in [5.41, 5.74) is 5.09. The topological polar surface area (TPSA) is 79.2 Å². The summed E-state index contributed by atoms with van der Waals surface area (Å²) in [6.45, 7) is 0. The summed E-state index contributed by atoms with van der Waals surface area (Å²) in [5.74, 6) is -1.56. The normalized spacial score (nSPS) is 24.7. The lowest BCUT2D eigenvalue weighted by Crippen LogP contribution is -2.41. The number of hydrogen-bond acceptors (Lipinski definition) is 5. The van der Waals surface area contributed by atoms with Crippen LogP contribution in [0.25, 0.3) is 0 Å². The molecule has 2 bridgehead atoms. The molecule has 164 valence electrons. The van der Waals surface area contributed by atoms with Crippen molar-refractivity contribution in [3.63, 3.8) is 0 Å². The maximum atomic E-state index is 13.5. The van der Waals surface area contributed by atoms with Crippen molar-refractivity contribution in [2.75, 3.05) is 7.11 Å². The number of amides is 2. The van der Waals surface area contributed by atoms with Crippen molar-refractivity contribution in [2.24, 2.45) is 16.9 Å². The molecule has 0 aromatic heterocycles. The minimum Gasteiger partial charge on any atom is -0.503 e. The van der Waals surface area contributed by atoms with Crippen LogP contribution in [0.3, 0.4) is 0 Å². The van der Waals surface area contributed by atoms with E-state index in [9.17, 15) is 14.7 Å². The number of benzene rings is 3. The van der Waals surface area contributed by atoms with Crippen LogP contribution in [0.1, 0.15) is 39.7 Å². The minimum absolute atomic E-state index is 0.0268. The van der Waals surface area contributed by atoms with Crippen LogP contribution >= 0.6 is 15.9 Å². The molecule has 1 fully saturated rings. The Kier molecular flexibility index (Phi) is 4.45. The lowest BCUT2D eigenvalue weighted by atomic mass is 9.55. The fourth-order valence-electron chi connectivity index (χ4n) is 5.72. The Labute approximate surface area is 198 Å².